The lowest BCUT2D eigenvalue weighted by Crippen LogP contribution is -2.22. The summed E-state index contributed by atoms with van der Waals surface area (Å²) in [5.41, 5.74) is 1.67. The number of ether oxygens (including phenoxy) is 1. The van der Waals surface area contributed by atoms with Crippen molar-refractivity contribution >= 4 is 0 Å². The Morgan fingerprint density at radius 2 is 1.38 bits per heavy atom. The highest BCUT2D eigenvalue weighted by molar-refractivity contribution is 5.29. The van der Waals surface area contributed by atoms with Gasteiger partial charge in [0.25, 0.3) is 0 Å². The molecule has 2 aromatic carbocycles. The Morgan fingerprint density at radius 1 is 0.857 bits per heavy atom. The second-order valence-electron chi connectivity index (χ2n) is 5.09. The van der Waals surface area contributed by atoms with E-state index in [2.05, 4.69) is 5.32 Å². The minimum atomic E-state index is -0.559. The summed E-state index contributed by atoms with van der Waals surface area (Å²) in [7, 11) is 1.62. The summed E-state index contributed by atoms with van der Waals surface area (Å²) in [6.45, 7) is 3.89. The van der Waals surface area contributed by atoms with Gasteiger partial charge in [-0.2, -0.15) is 0 Å². The van der Waals surface area contributed by atoms with Gasteiger partial charge in [0.1, 0.15) is 17.4 Å². The summed E-state index contributed by atoms with van der Waals surface area (Å²) in [4.78, 5) is 0. The number of hydrogen-bond donors (Lipinski definition) is 1. The van der Waals surface area contributed by atoms with E-state index in [0.29, 0.717) is 5.56 Å². The van der Waals surface area contributed by atoms with Crippen LogP contribution in [0.3, 0.4) is 0 Å². The first kappa shape index (κ1) is 15.4. The van der Waals surface area contributed by atoms with Gasteiger partial charge in [-0.15, -0.1) is 0 Å². The van der Waals surface area contributed by atoms with E-state index in [1.54, 1.807) is 7.11 Å². The molecule has 2 nitrogen and oxygen atoms in total. The van der Waals surface area contributed by atoms with Crippen molar-refractivity contribution in [3.8, 4) is 5.75 Å². The molecule has 0 heterocycles. The third kappa shape index (κ3) is 4.02. The predicted molar refractivity (Wildman–Crippen MR) is 79.3 cm³/mol. The maximum absolute atomic E-state index is 13.3. The fourth-order valence-electron chi connectivity index (χ4n) is 2.29. The number of halogens is 2. The number of hydrogen-bond acceptors (Lipinski definition) is 2. The lowest BCUT2D eigenvalue weighted by molar-refractivity contribution is 0.414. The Hall–Kier alpha value is -1.94. The Labute approximate surface area is 123 Å². The van der Waals surface area contributed by atoms with Crippen molar-refractivity contribution in [1.29, 1.82) is 0 Å². The van der Waals surface area contributed by atoms with Crippen LogP contribution in [0.5, 0.6) is 5.75 Å². The molecule has 0 aliphatic rings. The topological polar surface area (TPSA) is 21.3 Å². The van der Waals surface area contributed by atoms with Gasteiger partial charge < -0.3 is 10.1 Å². The molecule has 0 fully saturated rings. The summed E-state index contributed by atoms with van der Waals surface area (Å²) in [5, 5.41) is 3.33. The highest BCUT2D eigenvalue weighted by atomic mass is 19.1. The third-order valence-corrected chi connectivity index (χ3v) is 3.50. The molecule has 2 rings (SSSR count). The van der Waals surface area contributed by atoms with Gasteiger partial charge in [-0.1, -0.05) is 12.1 Å². The maximum Gasteiger partial charge on any atom is 0.126 e. The molecule has 2 aromatic rings. The van der Waals surface area contributed by atoms with Crippen molar-refractivity contribution in [2.24, 2.45) is 0 Å². The third-order valence-electron chi connectivity index (χ3n) is 3.50. The van der Waals surface area contributed by atoms with Crippen molar-refractivity contribution in [2.45, 2.75) is 25.9 Å². The van der Waals surface area contributed by atoms with Crippen LogP contribution in [0.4, 0.5) is 8.78 Å². The Balaban J connectivity index is 2.08. The fourth-order valence-corrected chi connectivity index (χ4v) is 2.29. The zero-order chi connectivity index (χ0) is 15.4. The van der Waals surface area contributed by atoms with E-state index in [1.807, 2.05) is 38.1 Å². The van der Waals surface area contributed by atoms with E-state index in [0.717, 1.165) is 17.4 Å². The molecule has 1 unspecified atom stereocenters. The standard InChI is InChI=1S/C17H19F2NO/c1-11(13-4-6-17(21-3)7-5-13)20-12(2)14-8-15(18)10-16(19)9-14/h4-12,20H,1-3H3/t11-,12?/m1/s1. The average molecular weight is 291 g/mol. The zero-order valence-corrected chi connectivity index (χ0v) is 12.4. The first-order chi connectivity index (χ1) is 9.99. The van der Waals surface area contributed by atoms with Gasteiger partial charge >= 0.3 is 0 Å². The van der Waals surface area contributed by atoms with Crippen LogP contribution in [-0.4, -0.2) is 7.11 Å². The smallest absolute Gasteiger partial charge is 0.126 e. The molecule has 0 radical (unpaired) electrons. The molecule has 112 valence electrons. The molecule has 0 aromatic heterocycles. The van der Waals surface area contributed by atoms with Crippen molar-refractivity contribution in [3.63, 3.8) is 0 Å². The van der Waals surface area contributed by atoms with Crippen molar-refractivity contribution in [1.82, 2.24) is 5.32 Å². The number of benzene rings is 2. The summed E-state index contributed by atoms with van der Waals surface area (Å²) in [5.74, 6) is -0.322. The SMILES string of the molecule is COc1ccc([C@@H](C)NC(C)c2cc(F)cc(F)c2)cc1. The predicted octanol–water partition coefficient (Wildman–Crippen LogP) is 4.39. The van der Waals surface area contributed by atoms with Crippen LogP contribution in [0.2, 0.25) is 0 Å². The minimum Gasteiger partial charge on any atom is -0.497 e. The van der Waals surface area contributed by atoms with E-state index in [-0.39, 0.29) is 12.1 Å². The number of nitrogens with one attached hydrogen (secondary N) is 1. The van der Waals surface area contributed by atoms with E-state index in [1.165, 1.54) is 12.1 Å². The van der Waals surface area contributed by atoms with E-state index in [4.69, 9.17) is 4.74 Å². The molecule has 4 heteroatoms. The first-order valence-electron chi connectivity index (χ1n) is 6.85. The molecule has 0 aliphatic carbocycles. The van der Waals surface area contributed by atoms with Crippen LogP contribution in [0.15, 0.2) is 42.5 Å². The summed E-state index contributed by atoms with van der Waals surface area (Å²) in [6.07, 6.45) is 0. The zero-order valence-electron chi connectivity index (χ0n) is 12.4. The first-order valence-corrected chi connectivity index (χ1v) is 6.85. The van der Waals surface area contributed by atoms with E-state index < -0.39 is 11.6 Å². The second kappa shape index (κ2) is 6.68. The monoisotopic (exact) mass is 291 g/mol. The Kier molecular flexibility index (Phi) is 4.91. The molecule has 0 amide bonds. The normalized spacial score (nSPS) is 13.8. The average Bonchev–Trinajstić information content (AvgIpc) is 2.46. The van der Waals surface area contributed by atoms with Gasteiger partial charge in [0.05, 0.1) is 7.11 Å². The molecule has 1 N–H and O–H groups in total. The van der Waals surface area contributed by atoms with Crippen LogP contribution < -0.4 is 10.1 Å². The van der Waals surface area contributed by atoms with E-state index in [9.17, 15) is 8.78 Å². The molecule has 0 aliphatic heterocycles. The van der Waals surface area contributed by atoms with Crippen LogP contribution in [0, 0.1) is 11.6 Å². The summed E-state index contributed by atoms with van der Waals surface area (Å²) in [6, 6.07) is 11.2. The summed E-state index contributed by atoms with van der Waals surface area (Å²) < 4.78 is 31.6. The van der Waals surface area contributed by atoms with Gasteiger partial charge in [0, 0.05) is 18.2 Å². The lowest BCUT2D eigenvalue weighted by Gasteiger charge is -2.21. The molecule has 0 spiro atoms. The molecule has 0 saturated carbocycles. The number of rotatable bonds is 5. The number of methoxy groups -OCH3 is 1. The Morgan fingerprint density at radius 3 is 1.90 bits per heavy atom. The molecule has 0 bridgehead atoms. The van der Waals surface area contributed by atoms with Gasteiger partial charge in [0.15, 0.2) is 0 Å². The van der Waals surface area contributed by atoms with Crippen molar-refractivity contribution in [3.05, 3.63) is 65.2 Å². The summed E-state index contributed by atoms with van der Waals surface area (Å²) >= 11 is 0. The van der Waals surface area contributed by atoms with Crippen LogP contribution in [0.25, 0.3) is 0 Å². The van der Waals surface area contributed by atoms with Gasteiger partial charge in [-0.25, -0.2) is 8.78 Å². The van der Waals surface area contributed by atoms with Crippen LogP contribution in [0.1, 0.15) is 37.1 Å². The van der Waals surface area contributed by atoms with Crippen molar-refractivity contribution < 1.29 is 13.5 Å². The largest absolute Gasteiger partial charge is 0.497 e. The van der Waals surface area contributed by atoms with Crippen molar-refractivity contribution in [2.75, 3.05) is 7.11 Å². The maximum atomic E-state index is 13.3. The molecular formula is C17H19F2NO. The second-order valence-corrected chi connectivity index (χ2v) is 5.09. The highest BCUT2D eigenvalue weighted by Gasteiger charge is 2.13. The molecule has 2 atom stereocenters. The Bertz CT molecular complexity index is 578. The minimum absolute atomic E-state index is 0.0530. The van der Waals surface area contributed by atoms with Gasteiger partial charge in [-0.3, -0.25) is 0 Å². The molecule has 21 heavy (non-hydrogen) atoms. The molecular weight excluding hydrogens is 272 g/mol. The van der Waals surface area contributed by atoms with Gasteiger partial charge in [-0.05, 0) is 49.2 Å². The highest BCUT2D eigenvalue weighted by Crippen LogP contribution is 2.22. The van der Waals surface area contributed by atoms with E-state index >= 15 is 0 Å². The molecule has 0 saturated heterocycles. The lowest BCUT2D eigenvalue weighted by atomic mass is 10.0. The quantitative estimate of drug-likeness (QED) is 0.882. The fraction of sp³-hybridized carbons (Fsp3) is 0.294. The van der Waals surface area contributed by atoms with Gasteiger partial charge in [0.2, 0.25) is 0 Å². The van der Waals surface area contributed by atoms with Crippen LogP contribution in [-0.2, 0) is 0 Å². The van der Waals surface area contributed by atoms with Crippen LogP contribution >= 0.6 is 0 Å².